The Morgan fingerprint density at radius 3 is 2.07 bits per heavy atom. The molecule has 0 amide bonds. The SMILES string of the molecule is CNC(C)(c1ccncc1)C(F)(F)F. The van der Waals surface area contributed by atoms with E-state index in [9.17, 15) is 13.2 Å². The fourth-order valence-corrected chi connectivity index (χ4v) is 1.13. The van der Waals surface area contributed by atoms with Gasteiger partial charge >= 0.3 is 6.18 Å². The topological polar surface area (TPSA) is 24.9 Å². The summed E-state index contributed by atoms with van der Waals surface area (Å²) in [6.45, 7) is 1.10. The van der Waals surface area contributed by atoms with Crippen molar-refractivity contribution in [2.75, 3.05) is 7.05 Å². The summed E-state index contributed by atoms with van der Waals surface area (Å²) in [4.78, 5) is 3.68. The molecule has 0 aliphatic rings. The van der Waals surface area contributed by atoms with Gasteiger partial charge in [-0.2, -0.15) is 13.2 Å². The summed E-state index contributed by atoms with van der Waals surface area (Å²) in [5.74, 6) is 0. The van der Waals surface area contributed by atoms with Crippen molar-refractivity contribution in [1.29, 1.82) is 0 Å². The Morgan fingerprint density at radius 1 is 1.21 bits per heavy atom. The monoisotopic (exact) mass is 204 g/mol. The molecule has 0 spiro atoms. The lowest BCUT2D eigenvalue weighted by molar-refractivity contribution is -0.193. The Balaban J connectivity index is 3.15. The maximum Gasteiger partial charge on any atom is 0.410 e. The number of alkyl halides is 3. The number of nitrogens with zero attached hydrogens (tertiary/aromatic N) is 1. The molecule has 0 saturated carbocycles. The van der Waals surface area contributed by atoms with E-state index in [1.54, 1.807) is 0 Å². The zero-order chi connectivity index (χ0) is 10.8. The first-order chi connectivity index (χ1) is 6.42. The van der Waals surface area contributed by atoms with Crippen molar-refractivity contribution in [3.63, 3.8) is 0 Å². The van der Waals surface area contributed by atoms with Crippen LogP contribution in [0.15, 0.2) is 24.5 Å². The summed E-state index contributed by atoms with van der Waals surface area (Å²) in [7, 11) is 1.29. The van der Waals surface area contributed by atoms with Crippen molar-refractivity contribution in [2.45, 2.75) is 18.6 Å². The average Bonchev–Trinajstić information content (AvgIpc) is 2.16. The molecule has 0 bridgehead atoms. The van der Waals surface area contributed by atoms with Gasteiger partial charge < -0.3 is 5.32 Å². The minimum absolute atomic E-state index is 0.155. The van der Waals surface area contributed by atoms with Crippen LogP contribution in [0.3, 0.4) is 0 Å². The fourth-order valence-electron chi connectivity index (χ4n) is 1.13. The Bertz CT molecular complexity index is 297. The van der Waals surface area contributed by atoms with E-state index in [-0.39, 0.29) is 5.56 Å². The van der Waals surface area contributed by atoms with Gasteiger partial charge in [0, 0.05) is 12.4 Å². The molecule has 1 N–H and O–H groups in total. The normalized spacial score (nSPS) is 16.4. The maximum absolute atomic E-state index is 12.7. The van der Waals surface area contributed by atoms with E-state index in [2.05, 4.69) is 10.3 Å². The van der Waals surface area contributed by atoms with Crippen molar-refractivity contribution in [1.82, 2.24) is 10.3 Å². The van der Waals surface area contributed by atoms with Crippen molar-refractivity contribution in [2.24, 2.45) is 0 Å². The highest BCUT2D eigenvalue weighted by Gasteiger charge is 2.51. The number of hydrogen-bond acceptors (Lipinski definition) is 2. The number of hydrogen-bond donors (Lipinski definition) is 1. The minimum atomic E-state index is -4.33. The van der Waals surface area contributed by atoms with Crippen molar-refractivity contribution >= 4 is 0 Å². The predicted molar refractivity (Wildman–Crippen MR) is 46.7 cm³/mol. The van der Waals surface area contributed by atoms with Crippen LogP contribution in [0.1, 0.15) is 12.5 Å². The molecular formula is C9H11F3N2. The number of pyridine rings is 1. The van der Waals surface area contributed by atoms with Crippen LogP contribution in [-0.2, 0) is 5.54 Å². The molecule has 14 heavy (non-hydrogen) atoms. The zero-order valence-electron chi connectivity index (χ0n) is 7.89. The molecule has 0 radical (unpaired) electrons. The fraction of sp³-hybridized carbons (Fsp3) is 0.444. The molecule has 0 aliphatic carbocycles. The lowest BCUT2D eigenvalue weighted by Gasteiger charge is -2.31. The van der Waals surface area contributed by atoms with Gasteiger partial charge in [-0.25, -0.2) is 0 Å². The molecule has 0 aromatic carbocycles. The third kappa shape index (κ3) is 1.72. The van der Waals surface area contributed by atoms with E-state index >= 15 is 0 Å². The van der Waals surface area contributed by atoms with Crippen LogP contribution >= 0.6 is 0 Å². The highest BCUT2D eigenvalue weighted by Crippen LogP contribution is 2.37. The van der Waals surface area contributed by atoms with Crippen LogP contribution in [0.2, 0.25) is 0 Å². The quantitative estimate of drug-likeness (QED) is 0.797. The number of halogens is 3. The Hall–Kier alpha value is -1.10. The number of aromatic nitrogens is 1. The van der Waals surface area contributed by atoms with Crippen LogP contribution < -0.4 is 5.32 Å². The van der Waals surface area contributed by atoms with Gasteiger partial charge in [-0.15, -0.1) is 0 Å². The first-order valence-corrected chi connectivity index (χ1v) is 4.08. The molecule has 1 heterocycles. The van der Waals surface area contributed by atoms with Crippen LogP contribution in [0, 0.1) is 0 Å². The van der Waals surface area contributed by atoms with Crippen LogP contribution in [-0.4, -0.2) is 18.2 Å². The van der Waals surface area contributed by atoms with Crippen molar-refractivity contribution < 1.29 is 13.2 Å². The second-order valence-electron chi connectivity index (χ2n) is 3.11. The molecule has 0 fully saturated rings. The van der Waals surface area contributed by atoms with Gasteiger partial charge in [0.05, 0.1) is 0 Å². The Kier molecular flexibility index (Phi) is 2.80. The highest BCUT2D eigenvalue weighted by molar-refractivity contribution is 5.22. The van der Waals surface area contributed by atoms with Gasteiger partial charge in [0.25, 0.3) is 0 Å². The summed E-state index contributed by atoms with van der Waals surface area (Å²) >= 11 is 0. The minimum Gasteiger partial charge on any atom is -0.303 e. The summed E-state index contributed by atoms with van der Waals surface area (Å²) < 4.78 is 38.1. The van der Waals surface area contributed by atoms with Crippen molar-refractivity contribution in [3.05, 3.63) is 30.1 Å². The average molecular weight is 204 g/mol. The smallest absolute Gasteiger partial charge is 0.303 e. The summed E-state index contributed by atoms with van der Waals surface area (Å²) in [6.07, 6.45) is -1.64. The summed E-state index contributed by atoms with van der Waals surface area (Å²) in [5.41, 5.74) is -1.86. The summed E-state index contributed by atoms with van der Waals surface area (Å²) in [6, 6.07) is 2.70. The van der Waals surface area contributed by atoms with Crippen LogP contribution in [0.25, 0.3) is 0 Å². The van der Waals surface area contributed by atoms with E-state index in [1.807, 2.05) is 0 Å². The molecule has 2 nitrogen and oxygen atoms in total. The Morgan fingerprint density at radius 2 is 1.71 bits per heavy atom. The highest BCUT2D eigenvalue weighted by atomic mass is 19.4. The second kappa shape index (κ2) is 3.57. The van der Waals surface area contributed by atoms with E-state index in [4.69, 9.17) is 0 Å². The molecule has 0 saturated heterocycles. The predicted octanol–water partition coefficient (Wildman–Crippen LogP) is 2.08. The number of nitrogens with one attached hydrogen (secondary N) is 1. The van der Waals surface area contributed by atoms with Crippen LogP contribution in [0.5, 0.6) is 0 Å². The van der Waals surface area contributed by atoms with Gasteiger partial charge in [-0.3, -0.25) is 4.98 Å². The molecule has 1 aromatic heterocycles. The van der Waals surface area contributed by atoms with Gasteiger partial charge in [-0.05, 0) is 31.7 Å². The molecular weight excluding hydrogens is 193 g/mol. The summed E-state index contributed by atoms with van der Waals surface area (Å²) in [5, 5.41) is 2.28. The molecule has 1 rings (SSSR count). The van der Waals surface area contributed by atoms with Gasteiger partial charge in [0.15, 0.2) is 0 Å². The first-order valence-electron chi connectivity index (χ1n) is 4.08. The van der Waals surface area contributed by atoms with Gasteiger partial charge in [0.1, 0.15) is 5.54 Å². The lowest BCUT2D eigenvalue weighted by Crippen LogP contribution is -2.49. The lowest BCUT2D eigenvalue weighted by atomic mass is 9.92. The van der Waals surface area contributed by atoms with Crippen LogP contribution in [0.4, 0.5) is 13.2 Å². The number of rotatable bonds is 2. The largest absolute Gasteiger partial charge is 0.410 e. The molecule has 1 aromatic rings. The third-order valence-corrected chi connectivity index (χ3v) is 2.32. The zero-order valence-corrected chi connectivity index (χ0v) is 7.89. The van der Waals surface area contributed by atoms with Crippen molar-refractivity contribution in [3.8, 4) is 0 Å². The maximum atomic E-state index is 12.7. The second-order valence-corrected chi connectivity index (χ2v) is 3.11. The molecule has 78 valence electrons. The van der Waals surface area contributed by atoms with E-state index < -0.39 is 11.7 Å². The first kappa shape index (κ1) is 11.0. The van der Waals surface area contributed by atoms with E-state index in [0.29, 0.717) is 0 Å². The standard InChI is InChI=1S/C9H11F3N2/c1-8(13-2,9(10,11)12)7-3-5-14-6-4-7/h3-6,13H,1-2H3. The third-order valence-electron chi connectivity index (χ3n) is 2.32. The molecule has 5 heteroatoms. The molecule has 1 unspecified atom stereocenters. The van der Waals surface area contributed by atoms with Gasteiger partial charge in [-0.1, -0.05) is 0 Å². The molecule has 1 atom stereocenters. The van der Waals surface area contributed by atoms with E-state index in [0.717, 1.165) is 6.92 Å². The Labute approximate surface area is 80.2 Å². The van der Waals surface area contributed by atoms with Gasteiger partial charge in [0.2, 0.25) is 0 Å². The van der Waals surface area contributed by atoms with E-state index in [1.165, 1.54) is 31.6 Å². The molecule has 0 aliphatic heterocycles.